The van der Waals surface area contributed by atoms with Crippen molar-refractivity contribution >= 4 is 0 Å². The zero-order valence-corrected chi connectivity index (χ0v) is 16.7. The van der Waals surface area contributed by atoms with E-state index in [2.05, 4.69) is 21.9 Å². The predicted molar refractivity (Wildman–Crippen MR) is 113 cm³/mol. The largest absolute Gasteiger partial charge is 0.494 e. The van der Waals surface area contributed by atoms with Crippen LogP contribution in [-0.2, 0) is 0 Å². The standard InChI is InChI=1S/C23H26N4O2/c1-18-5-3-14-26(18)15-4-16-29-21-9-7-20(8-10-21)27-23(28)12-11-22(25-27)19-6-2-13-24-17-19/h2,6-13,17-18H,3-5,14-16H2,1H3/t18-/m1/s1. The van der Waals surface area contributed by atoms with E-state index in [-0.39, 0.29) is 5.56 Å². The second-order valence-corrected chi connectivity index (χ2v) is 7.43. The Morgan fingerprint density at radius 1 is 1.14 bits per heavy atom. The Labute approximate surface area is 170 Å². The van der Waals surface area contributed by atoms with Crippen molar-refractivity contribution in [3.05, 3.63) is 71.3 Å². The van der Waals surface area contributed by atoms with E-state index in [0.717, 1.165) is 24.3 Å². The quantitative estimate of drug-likeness (QED) is 0.578. The Balaban J connectivity index is 1.39. The lowest BCUT2D eigenvalue weighted by molar-refractivity contribution is 0.230. The van der Waals surface area contributed by atoms with Crippen molar-refractivity contribution in [3.63, 3.8) is 0 Å². The first-order valence-electron chi connectivity index (χ1n) is 10.2. The summed E-state index contributed by atoms with van der Waals surface area (Å²) in [6.07, 6.45) is 7.07. The molecule has 150 valence electrons. The number of likely N-dealkylation sites (tertiary alicyclic amines) is 1. The van der Waals surface area contributed by atoms with Crippen LogP contribution in [0.1, 0.15) is 26.2 Å². The minimum Gasteiger partial charge on any atom is -0.494 e. The van der Waals surface area contributed by atoms with Crippen molar-refractivity contribution in [3.8, 4) is 22.7 Å². The molecule has 1 saturated heterocycles. The summed E-state index contributed by atoms with van der Waals surface area (Å²) in [6, 6.07) is 15.2. The van der Waals surface area contributed by atoms with Crippen LogP contribution in [0.4, 0.5) is 0 Å². The fraction of sp³-hybridized carbons (Fsp3) is 0.348. The van der Waals surface area contributed by atoms with Crippen LogP contribution < -0.4 is 10.3 Å². The van der Waals surface area contributed by atoms with Crippen molar-refractivity contribution < 1.29 is 4.74 Å². The highest BCUT2D eigenvalue weighted by Crippen LogP contribution is 2.18. The SMILES string of the molecule is C[C@@H]1CCCN1CCCOc1ccc(-n2nc(-c3cccnc3)ccc2=O)cc1. The van der Waals surface area contributed by atoms with Crippen LogP contribution in [0.5, 0.6) is 5.75 Å². The van der Waals surface area contributed by atoms with Gasteiger partial charge in [-0.25, -0.2) is 0 Å². The molecular formula is C23H26N4O2. The summed E-state index contributed by atoms with van der Waals surface area (Å²) in [5.41, 5.74) is 2.10. The molecule has 6 nitrogen and oxygen atoms in total. The summed E-state index contributed by atoms with van der Waals surface area (Å²) in [5, 5.41) is 4.49. The van der Waals surface area contributed by atoms with Gasteiger partial charge in [0.15, 0.2) is 0 Å². The topological polar surface area (TPSA) is 60.2 Å². The van der Waals surface area contributed by atoms with E-state index < -0.39 is 0 Å². The lowest BCUT2D eigenvalue weighted by Gasteiger charge is -2.20. The molecule has 2 aromatic heterocycles. The molecule has 3 aromatic rings. The molecule has 6 heteroatoms. The zero-order chi connectivity index (χ0) is 20.1. The van der Waals surface area contributed by atoms with Gasteiger partial charge in [0.05, 0.1) is 18.0 Å². The molecule has 0 radical (unpaired) electrons. The monoisotopic (exact) mass is 390 g/mol. The lowest BCUT2D eigenvalue weighted by Crippen LogP contribution is -2.28. The fourth-order valence-electron chi connectivity index (χ4n) is 3.73. The van der Waals surface area contributed by atoms with Crippen LogP contribution in [0.15, 0.2) is 65.7 Å². The molecule has 1 aliphatic heterocycles. The molecule has 29 heavy (non-hydrogen) atoms. The zero-order valence-electron chi connectivity index (χ0n) is 16.7. The molecule has 0 amide bonds. The highest BCUT2D eigenvalue weighted by Gasteiger charge is 2.19. The molecule has 0 bridgehead atoms. The first-order valence-corrected chi connectivity index (χ1v) is 10.2. The van der Waals surface area contributed by atoms with Gasteiger partial charge >= 0.3 is 0 Å². The van der Waals surface area contributed by atoms with Gasteiger partial charge < -0.3 is 9.64 Å². The maximum absolute atomic E-state index is 12.3. The van der Waals surface area contributed by atoms with Crippen LogP contribution in [-0.4, -0.2) is 45.4 Å². The highest BCUT2D eigenvalue weighted by atomic mass is 16.5. The molecule has 0 unspecified atom stereocenters. The van der Waals surface area contributed by atoms with Gasteiger partial charge in [-0.05, 0) is 75.2 Å². The minimum absolute atomic E-state index is 0.175. The summed E-state index contributed by atoms with van der Waals surface area (Å²) in [7, 11) is 0. The second-order valence-electron chi connectivity index (χ2n) is 7.43. The minimum atomic E-state index is -0.175. The number of nitrogens with zero attached hydrogens (tertiary/aromatic N) is 4. The Hall–Kier alpha value is -2.99. The van der Waals surface area contributed by atoms with Gasteiger partial charge in [0, 0.05) is 36.6 Å². The molecule has 3 heterocycles. The van der Waals surface area contributed by atoms with Crippen LogP contribution in [0, 0.1) is 0 Å². The first-order chi connectivity index (χ1) is 14.2. The van der Waals surface area contributed by atoms with Gasteiger partial charge in [-0.3, -0.25) is 9.78 Å². The molecule has 0 spiro atoms. The van der Waals surface area contributed by atoms with Crippen LogP contribution in [0.3, 0.4) is 0 Å². The number of aromatic nitrogens is 3. The number of pyridine rings is 1. The van der Waals surface area contributed by atoms with Gasteiger partial charge in [0.1, 0.15) is 5.75 Å². The molecule has 0 N–H and O–H groups in total. The third-order valence-corrected chi connectivity index (χ3v) is 5.39. The molecular weight excluding hydrogens is 364 g/mol. The summed E-state index contributed by atoms with van der Waals surface area (Å²) in [5.74, 6) is 0.805. The molecule has 1 atom stereocenters. The van der Waals surface area contributed by atoms with Crippen molar-refractivity contribution in [1.82, 2.24) is 19.7 Å². The number of rotatable bonds is 7. The molecule has 1 aromatic carbocycles. The summed E-state index contributed by atoms with van der Waals surface area (Å²) < 4.78 is 7.28. The maximum atomic E-state index is 12.3. The Kier molecular flexibility index (Phi) is 6.00. The van der Waals surface area contributed by atoms with E-state index >= 15 is 0 Å². The first kappa shape index (κ1) is 19.3. The van der Waals surface area contributed by atoms with Crippen LogP contribution >= 0.6 is 0 Å². The molecule has 0 saturated carbocycles. The average Bonchev–Trinajstić information content (AvgIpc) is 3.17. The number of benzene rings is 1. The van der Waals surface area contributed by atoms with E-state index in [4.69, 9.17) is 4.74 Å². The Bertz CT molecular complexity index is 986. The van der Waals surface area contributed by atoms with Crippen molar-refractivity contribution in [2.45, 2.75) is 32.2 Å². The third-order valence-electron chi connectivity index (χ3n) is 5.39. The molecule has 1 aliphatic rings. The predicted octanol–water partition coefficient (Wildman–Crippen LogP) is 3.55. The normalized spacial score (nSPS) is 16.8. The molecule has 0 aliphatic carbocycles. The van der Waals surface area contributed by atoms with E-state index in [1.807, 2.05) is 36.4 Å². The number of hydrogen-bond donors (Lipinski definition) is 0. The van der Waals surface area contributed by atoms with E-state index in [0.29, 0.717) is 24.0 Å². The summed E-state index contributed by atoms with van der Waals surface area (Å²) in [4.78, 5) is 18.9. The van der Waals surface area contributed by atoms with Gasteiger partial charge in [0.2, 0.25) is 0 Å². The smallest absolute Gasteiger partial charge is 0.271 e. The average molecular weight is 390 g/mol. The van der Waals surface area contributed by atoms with Gasteiger partial charge in [-0.15, -0.1) is 0 Å². The Morgan fingerprint density at radius 2 is 2.00 bits per heavy atom. The van der Waals surface area contributed by atoms with E-state index in [9.17, 15) is 4.79 Å². The van der Waals surface area contributed by atoms with Crippen LogP contribution in [0.2, 0.25) is 0 Å². The number of hydrogen-bond acceptors (Lipinski definition) is 5. The van der Waals surface area contributed by atoms with Gasteiger partial charge in [-0.2, -0.15) is 9.78 Å². The van der Waals surface area contributed by atoms with E-state index in [1.54, 1.807) is 18.5 Å². The summed E-state index contributed by atoms with van der Waals surface area (Å²) in [6.45, 7) is 5.28. The van der Waals surface area contributed by atoms with Crippen molar-refractivity contribution in [2.75, 3.05) is 19.7 Å². The molecule has 4 rings (SSSR count). The lowest BCUT2D eigenvalue weighted by atomic mass is 10.2. The third kappa shape index (κ3) is 4.71. The van der Waals surface area contributed by atoms with Crippen molar-refractivity contribution in [1.29, 1.82) is 0 Å². The maximum Gasteiger partial charge on any atom is 0.271 e. The second kappa shape index (κ2) is 9.01. The highest BCUT2D eigenvalue weighted by molar-refractivity contribution is 5.56. The Morgan fingerprint density at radius 3 is 2.72 bits per heavy atom. The van der Waals surface area contributed by atoms with Crippen LogP contribution in [0.25, 0.3) is 16.9 Å². The van der Waals surface area contributed by atoms with Gasteiger partial charge in [-0.1, -0.05) is 0 Å². The molecule has 1 fully saturated rings. The van der Waals surface area contributed by atoms with Gasteiger partial charge in [0.25, 0.3) is 5.56 Å². The summed E-state index contributed by atoms with van der Waals surface area (Å²) >= 11 is 0. The fourth-order valence-corrected chi connectivity index (χ4v) is 3.73. The number of ether oxygens (including phenoxy) is 1. The van der Waals surface area contributed by atoms with E-state index in [1.165, 1.54) is 30.1 Å². The van der Waals surface area contributed by atoms with Crippen molar-refractivity contribution in [2.24, 2.45) is 0 Å².